The maximum Gasteiger partial charge on any atom is 0.0614 e. The highest BCUT2D eigenvalue weighted by Gasteiger charge is 2.17. The van der Waals surface area contributed by atoms with Crippen LogP contribution in [0.15, 0.2) is 0 Å². The Balaban J connectivity index is 2.30. The van der Waals surface area contributed by atoms with Gasteiger partial charge in [-0.15, -0.1) is 0 Å². The van der Waals surface area contributed by atoms with Gasteiger partial charge in [0.05, 0.1) is 5.88 Å². The Morgan fingerprint density at radius 3 is 3.08 bits per heavy atom. The van der Waals surface area contributed by atoms with Crippen LogP contribution < -0.4 is 5.32 Å². The second kappa shape index (κ2) is 4.91. The van der Waals surface area contributed by atoms with Crippen molar-refractivity contribution in [2.75, 3.05) is 26.0 Å². The molecule has 72 valence electrons. The molecular weight excluding hydrogens is 176 g/mol. The predicted octanol–water partition coefficient (Wildman–Crippen LogP) is -0.493. The van der Waals surface area contributed by atoms with Crippen LogP contribution in [0.4, 0.5) is 0 Å². The SMILES string of the molecule is CNC1CCCN(CS(=O)[O-])C1. The van der Waals surface area contributed by atoms with Crippen molar-refractivity contribution in [3.63, 3.8) is 0 Å². The molecule has 1 rings (SSSR count). The summed E-state index contributed by atoms with van der Waals surface area (Å²) in [6, 6.07) is 0.460. The van der Waals surface area contributed by atoms with Gasteiger partial charge in [0.25, 0.3) is 0 Å². The summed E-state index contributed by atoms with van der Waals surface area (Å²) in [6.45, 7) is 1.76. The van der Waals surface area contributed by atoms with Gasteiger partial charge < -0.3 is 9.87 Å². The number of likely N-dealkylation sites (N-methyl/N-ethyl adjacent to an activating group) is 1. The minimum absolute atomic E-state index is 0.179. The largest absolute Gasteiger partial charge is 0.771 e. The summed E-state index contributed by atoms with van der Waals surface area (Å²) in [7, 11) is 1.92. The molecule has 1 aliphatic heterocycles. The van der Waals surface area contributed by atoms with Crippen molar-refractivity contribution in [3.8, 4) is 0 Å². The van der Waals surface area contributed by atoms with Gasteiger partial charge in [-0.2, -0.15) is 0 Å². The highest BCUT2D eigenvalue weighted by Crippen LogP contribution is 2.09. The average Bonchev–Trinajstić information content (AvgIpc) is 2.03. The van der Waals surface area contributed by atoms with Crippen molar-refractivity contribution in [3.05, 3.63) is 0 Å². The maximum absolute atomic E-state index is 10.4. The zero-order chi connectivity index (χ0) is 8.97. The van der Waals surface area contributed by atoms with Crippen molar-refractivity contribution >= 4 is 11.1 Å². The predicted molar refractivity (Wildman–Crippen MR) is 47.4 cm³/mol. The van der Waals surface area contributed by atoms with E-state index in [1.165, 1.54) is 0 Å². The molecule has 1 fully saturated rings. The van der Waals surface area contributed by atoms with Gasteiger partial charge in [0, 0.05) is 12.6 Å². The van der Waals surface area contributed by atoms with E-state index >= 15 is 0 Å². The first-order valence-corrected chi connectivity index (χ1v) is 5.42. The van der Waals surface area contributed by atoms with Gasteiger partial charge in [-0.3, -0.25) is 9.11 Å². The summed E-state index contributed by atoms with van der Waals surface area (Å²) >= 11 is -1.93. The van der Waals surface area contributed by atoms with Crippen LogP contribution in [-0.2, 0) is 11.1 Å². The number of nitrogens with one attached hydrogen (secondary N) is 1. The third-order valence-corrected chi connectivity index (χ3v) is 2.78. The molecule has 1 N–H and O–H groups in total. The van der Waals surface area contributed by atoms with E-state index in [4.69, 9.17) is 0 Å². The molecule has 1 saturated heterocycles. The van der Waals surface area contributed by atoms with Crippen molar-refractivity contribution < 1.29 is 8.76 Å². The Kier molecular flexibility index (Phi) is 4.14. The van der Waals surface area contributed by atoms with E-state index in [9.17, 15) is 8.76 Å². The molecule has 0 bridgehead atoms. The minimum atomic E-state index is -1.93. The summed E-state index contributed by atoms with van der Waals surface area (Å²) in [5, 5.41) is 3.16. The van der Waals surface area contributed by atoms with E-state index < -0.39 is 11.1 Å². The number of piperidine rings is 1. The number of rotatable bonds is 3. The monoisotopic (exact) mass is 191 g/mol. The third-order valence-electron chi connectivity index (χ3n) is 2.20. The van der Waals surface area contributed by atoms with E-state index in [1.54, 1.807) is 0 Å². The molecule has 0 saturated carbocycles. The Morgan fingerprint density at radius 1 is 1.75 bits per heavy atom. The van der Waals surface area contributed by atoms with Crippen molar-refractivity contribution in [2.45, 2.75) is 18.9 Å². The maximum atomic E-state index is 10.4. The first kappa shape index (κ1) is 10.1. The third kappa shape index (κ3) is 3.18. The van der Waals surface area contributed by atoms with Gasteiger partial charge in [-0.25, -0.2) is 0 Å². The van der Waals surface area contributed by atoms with Crippen LogP contribution in [0.2, 0.25) is 0 Å². The molecule has 0 aromatic rings. The van der Waals surface area contributed by atoms with E-state index in [1.807, 2.05) is 11.9 Å². The second-order valence-electron chi connectivity index (χ2n) is 3.14. The molecule has 0 aliphatic carbocycles. The van der Waals surface area contributed by atoms with Crippen molar-refractivity contribution in [1.82, 2.24) is 10.2 Å². The van der Waals surface area contributed by atoms with Crippen LogP contribution in [0, 0.1) is 0 Å². The molecule has 2 unspecified atom stereocenters. The standard InChI is InChI=1S/C7H16N2O2S/c1-8-7-3-2-4-9(5-7)6-12(10)11/h7-8H,2-6H2,1H3,(H,10,11)/p-1. The average molecular weight is 191 g/mol. The smallest absolute Gasteiger partial charge is 0.0614 e. The van der Waals surface area contributed by atoms with E-state index in [0.717, 1.165) is 25.9 Å². The molecular formula is C7H15N2O2S-. The molecule has 1 aliphatic rings. The molecule has 5 heteroatoms. The van der Waals surface area contributed by atoms with Crippen LogP contribution in [0.3, 0.4) is 0 Å². The van der Waals surface area contributed by atoms with E-state index in [0.29, 0.717) is 6.04 Å². The first-order valence-electron chi connectivity index (χ1n) is 4.18. The lowest BCUT2D eigenvalue weighted by molar-refractivity contribution is 0.220. The molecule has 0 aromatic carbocycles. The van der Waals surface area contributed by atoms with Crippen molar-refractivity contribution in [2.24, 2.45) is 0 Å². The summed E-state index contributed by atoms with van der Waals surface area (Å²) < 4.78 is 20.8. The number of hydrogen-bond donors (Lipinski definition) is 1. The summed E-state index contributed by atoms with van der Waals surface area (Å²) in [5.74, 6) is 0.179. The van der Waals surface area contributed by atoms with Gasteiger partial charge in [-0.1, -0.05) is 0 Å². The fourth-order valence-electron chi connectivity index (χ4n) is 1.56. The van der Waals surface area contributed by atoms with Gasteiger partial charge in [-0.05, 0) is 37.5 Å². The topological polar surface area (TPSA) is 55.4 Å². The highest BCUT2D eigenvalue weighted by molar-refractivity contribution is 7.79. The van der Waals surface area contributed by atoms with Gasteiger partial charge in [0.2, 0.25) is 0 Å². The van der Waals surface area contributed by atoms with Crippen molar-refractivity contribution in [1.29, 1.82) is 0 Å². The van der Waals surface area contributed by atoms with E-state index in [2.05, 4.69) is 5.32 Å². The first-order chi connectivity index (χ1) is 5.72. The molecule has 0 amide bonds. The van der Waals surface area contributed by atoms with Crippen LogP contribution in [0.1, 0.15) is 12.8 Å². The lowest BCUT2D eigenvalue weighted by Crippen LogP contribution is -2.45. The molecule has 0 aromatic heterocycles. The van der Waals surface area contributed by atoms with Gasteiger partial charge >= 0.3 is 0 Å². The fourth-order valence-corrected chi connectivity index (χ4v) is 2.09. The van der Waals surface area contributed by atoms with Crippen LogP contribution in [0.5, 0.6) is 0 Å². The zero-order valence-corrected chi connectivity index (χ0v) is 8.10. The number of nitrogens with zero attached hydrogens (tertiary/aromatic N) is 1. The van der Waals surface area contributed by atoms with Crippen LogP contribution >= 0.6 is 0 Å². The summed E-state index contributed by atoms with van der Waals surface area (Å²) in [4.78, 5) is 1.97. The Morgan fingerprint density at radius 2 is 2.50 bits per heavy atom. The van der Waals surface area contributed by atoms with Crippen LogP contribution in [0.25, 0.3) is 0 Å². The molecule has 2 atom stereocenters. The summed E-state index contributed by atoms with van der Waals surface area (Å²) in [5.41, 5.74) is 0. The number of hydrogen-bond acceptors (Lipinski definition) is 4. The zero-order valence-electron chi connectivity index (χ0n) is 7.28. The Labute approximate surface area is 75.6 Å². The molecule has 0 spiro atoms. The molecule has 1 heterocycles. The second-order valence-corrected chi connectivity index (χ2v) is 4.00. The van der Waals surface area contributed by atoms with Gasteiger partial charge in [0.15, 0.2) is 0 Å². The Bertz CT molecular complexity index is 165. The quantitative estimate of drug-likeness (QED) is 0.611. The summed E-state index contributed by atoms with van der Waals surface area (Å²) in [6.07, 6.45) is 2.24. The molecule has 0 radical (unpaired) electrons. The van der Waals surface area contributed by atoms with Gasteiger partial charge in [0.1, 0.15) is 0 Å². The number of likely N-dealkylation sites (tertiary alicyclic amines) is 1. The fraction of sp³-hybridized carbons (Fsp3) is 1.00. The Hall–Kier alpha value is 0.0300. The molecule has 12 heavy (non-hydrogen) atoms. The molecule has 4 nitrogen and oxygen atoms in total. The minimum Gasteiger partial charge on any atom is -0.771 e. The normalized spacial score (nSPS) is 28.7. The lowest BCUT2D eigenvalue weighted by Gasteiger charge is -2.32. The van der Waals surface area contributed by atoms with E-state index in [-0.39, 0.29) is 5.88 Å². The lowest BCUT2D eigenvalue weighted by atomic mass is 10.1. The highest BCUT2D eigenvalue weighted by atomic mass is 32.2. The van der Waals surface area contributed by atoms with Crippen LogP contribution in [-0.4, -0.2) is 45.7 Å².